The molecular weight excluding hydrogens is 1440 g/mol. The molecule has 35 nitrogen and oxygen atoms in total. The van der Waals surface area contributed by atoms with Crippen molar-refractivity contribution in [3.63, 3.8) is 0 Å². The number of nitrogens with zero attached hydrogens (tertiary/aromatic N) is 12. The van der Waals surface area contributed by atoms with Crippen molar-refractivity contribution in [2.45, 2.75) is 6.92 Å². The maximum absolute atomic E-state index is 11.6. The van der Waals surface area contributed by atoms with Crippen LogP contribution in [0.15, 0.2) is 0 Å². The summed E-state index contributed by atoms with van der Waals surface area (Å²) in [7, 11) is 0. The molecule has 2 aromatic heterocycles. The summed E-state index contributed by atoms with van der Waals surface area (Å²) < 4.78 is 0. The van der Waals surface area contributed by atoms with Crippen LogP contribution in [0.25, 0.3) is 0 Å². The molecule has 2 heterocycles. The average Bonchev–Trinajstić information content (AvgIpc) is 3.14. The molecule has 0 aliphatic carbocycles. The first-order valence-electron chi connectivity index (χ1n) is 17.5. The topological polar surface area (TPSA) is 524 Å². The van der Waals surface area contributed by atoms with Crippen molar-refractivity contribution in [3.8, 4) is 0 Å². The van der Waals surface area contributed by atoms with Crippen LogP contribution >= 0.6 is 0 Å². The molecular formula is C31H38N12O23Y6. The van der Waals surface area contributed by atoms with E-state index in [-0.39, 0.29) is 196 Å². The van der Waals surface area contributed by atoms with Crippen molar-refractivity contribution in [1.82, 2.24) is 29.9 Å². The van der Waals surface area contributed by atoms with Crippen LogP contribution in [0.2, 0.25) is 0 Å². The van der Waals surface area contributed by atoms with Gasteiger partial charge in [-0.25, -0.2) is 0 Å². The fourth-order valence-corrected chi connectivity index (χ4v) is 4.78. The van der Waals surface area contributed by atoms with Gasteiger partial charge in [0.15, 0.2) is 0 Å². The Hall–Kier alpha value is -2.72. The van der Waals surface area contributed by atoms with Crippen LogP contribution in [-0.4, -0.2) is 236 Å². The Kier molecular flexibility index (Phi) is 45.5. The van der Waals surface area contributed by atoms with Gasteiger partial charge in [0.25, 0.3) is 0 Å². The van der Waals surface area contributed by atoms with E-state index in [1.165, 1.54) is 0 Å². The summed E-state index contributed by atoms with van der Waals surface area (Å²) in [6.45, 7) is -9.85. The molecule has 6 radical (unpaired) electrons. The van der Waals surface area contributed by atoms with Crippen molar-refractivity contribution >= 4 is 107 Å². The zero-order valence-corrected chi connectivity index (χ0v) is 54.2. The van der Waals surface area contributed by atoms with E-state index in [0.717, 1.165) is 11.8 Å². The first-order valence-corrected chi connectivity index (χ1v) is 17.5. The van der Waals surface area contributed by atoms with Gasteiger partial charge < -0.3 is 85.6 Å². The Labute approximate surface area is 553 Å². The Morgan fingerprint density at radius 3 is 0.431 bits per heavy atom. The second-order valence-corrected chi connectivity index (χ2v) is 12.6. The number of aliphatic carboxylic acids is 11. The average molecular weight is 1480 g/mol. The number of carbonyl (C=O) groups excluding carboxylic acids is 1. The first kappa shape index (κ1) is 80.7. The molecule has 0 unspecified atom stereocenters. The predicted octanol–water partition coefficient (Wildman–Crippen LogP) is -5.91. The number of aromatic nitrogens is 6. The molecule has 41 heteroatoms. The Balaban J connectivity index is -0.000000279. The van der Waals surface area contributed by atoms with Crippen LogP contribution in [0, 0.1) is 0 Å². The number of hydrogen-bond acceptors (Lipinski definition) is 24. The van der Waals surface area contributed by atoms with Crippen LogP contribution in [0.4, 0.5) is 35.7 Å². The predicted molar refractivity (Wildman–Crippen MR) is 208 cm³/mol. The molecule has 2 aromatic rings. The number of carboxylic acids is 11. The summed E-state index contributed by atoms with van der Waals surface area (Å²) in [6.07, 6.45) is 0. The van der Waals surface area contributed by atoms with Gasteiger partial charge in [0.1, 0.15) is 77.8 Å². The molecule has 0 aliphatic rings. The van der Waals surface area contributed by atoms with E-state index in [4.69, 9.17) is 56.2 Å². The zero-order valence-electron chi connectivity index (χ0n) is 37.1. The van der Waals surface area contributed by atoms with Crippen LogP contribution < -0.4 is 29.4 Å². The molecule has 0 saturated heterocycles. The molecule has 0 atom stereocenters. The molecule has 0 aliphatic heterocycles. The van der Waals surface area contributed by atoms with Gasteiger partial charge in [-0.05, 0) is 6.92 Å². The smallest absolute Gasteiger partial charge is 0.323 e. The van der Waals surface area contributed by atoms with E-state index in [1.807, 2.05) is 0 Å². The molecule has 72 heavy (non-hydrogen) atoms. The van der Waals surface area contributed by atoms with E-state index in [1.54, 1.807) is 0 Å². The SMILES string of the molecule is CC(=O)CN(CC(=O)O)c1nc(N(CC(=O)O)CC(=O)O)nc(N(CC(=O)O)CC(=O)O)n1.O=C(O)CN(CC(=O)O)c1nc(N(CC(=O)O)CC(=O)O)nc(N(CC(=O)O)CC(=O)O)n1.[Y].[Y].[Y].[Y].[Y].[Y]. The molecule has 0 saturated carbocycles. The molecule has 378 valence electrons. The maximum atomic E-state index is 11.6. The number of rotatable bonds is 30. The standard InChI is InChI=1S/C16H20N6O11.C15H18N6O12.6Y/c1-8(23)2-20(3-9(24)25)14-17-15(21(4-10(26)27)5-11(28)29)19-16(18-14)22(6-12(30)31)7-13(32)33;22-7(23)1-19(2-8(24)25)13-16-14(20(3-9(26)27)4-10(28)29)18-15(17-13)21(5-11(30)31)6-12(32)33;;;;;;/h2-7H2,1H3,(H,24,25)(H,26,27)(H,28,29)(H,30,31)(H,32,33);1-6H2,(H,22,23)(H,24,25)(H,26,27)(H,28,29)(H,30,31)(H,32,33);;;;;;. The van der Waals surface area contributed by atoms with Gasteiger partial charge in [-0.2, -0.15) is 29.9 Å². The van der Waals surface area contributed by atoms with Gasteiger partial charge in [-0.3, -0.25) is 57.5 Å². The second kappa shape index (κ2) is 40.6. The van der Waals surface area contributed by atoms with Crippen molar-refractivity contribution in [3.05, 3.63) is 0 Å². The minimum Gasteiger partial charge on any atom is -0.480 e. The summed E-state index contributed by atoms with van der Waals surface area (Å²) in [6, 6.07) is 0. The van der Waals surface area contributed by atoms with E-state index in [0.29, 0.717) is 24.5 Å². The number of hydrogen-bond donors (Lipinski definition) is 11. The van der Waals surface area contributed by atoms with E-state index < -0.39 is 186 Å². The van der Waals surface area contributed by atoms with Crippen LogP contribution in [-0.2, 0) is 254 Å². The van der Waals surface area contributed by atoms with Crippen LogP contribution in [0.1, 0.15) is 6.92 Å². The number of Topliss-reactive ketones (excluding diaryl/α,β-unsaturated/α-hetero) is 1. The molecule has 0 spiro atoms. The molecule has 0 amide bonds. The van der Waals surface area contributed by atoms with E-state index >= 15 is 0 Å². The Bertz CT molecular complexity index is 1730. The summed E-state index contributed by atoms with van der Waals surface area (Å²) in [5, 5.41) is 99.8. The molecule has 0 fully saturated rings. The number of carboxylic acid groups (broad SMARTS) is 11. The van der Waals surface area contributed by atoms with Crippen molar-refractivity contribution in [2.75, 3.05) is 108 Å². The quantitative estimate of drug-likeness (QED) is 0.0347. The largest absolute Gasteiger partial charge is 0.480 e. The number of carbonyl (C=O) groups is 12. The van der Waals surface area contributed by atoms with Gasteiger partial charge in [-0.15, -0.1) is 0 Å². The van der Waals surface area contributed by atoms with Gasteiger partial charge in [0.05, 0.1) is 6.54 Å². The van der Waals surface area contributed by atoms with Crippen LogP contribution in [0.3, 0.4) is 0 Å². The minimum absolute atomic E-state index is 0. The molecule has 0 aromatic carbocycles. The number of anilines is 6. The second-order valence-electron chi connectivity index (χ2n) is 12.6. The zero-order chi connectivity index (χ0) is 50.6. The third-order valence-electron chi connectivity index (χ3n) is 6.90. The first-order chi connectivity index (χ1) is 30.6. The van der Waals surface area contributed by atoms with E-state index in [9.17, 15) is 57.5 Å². The monoisotopic (exact) mass is 1480 g/mol. The molecule has 0 bridgehead atoms. The third-order valence-corrected chi connectivity index (χ3v) is 6.90. The Morgan fingerprint density at radius 2 is 0.347 bits per heavy atom. The van der Waals surface area contributed by atoms with E-state index in [2.05, 4.69) is 29.9 Å². The molecule has 11 N–H and O–H groups in total. The Morgan fingerprint density at radius 1 is 0.250 bits per heavy atom. The number of ketones is 1. The third kappa shape index (κ3) is 34.0. The fraction of sp³-hybridized carbons (Fsp3) is 0.419. The van der Waals surface area contributed by atoms with Crippen molar-refractivity contribution in [2.24, 2.45) is 0 Å². The van der Waals surface area contributed by atoms with Gasteiger partial charge in [0, 0.05) is 196 Å². The summed E-state index contributed by atoms with van der Waals surface area (Å²) in [4.78, 5) is 161. The fourth-order valence-electron chi connectivity index (χ4n) is 4.78. The summed E-state index contributed by atoms with van der Waals surface area (Å²) >= 11 is 0. The minimum atomic E-state index is -1.53. The van der Waals surface area contributed by atoms with Crippen LogP contribution in [0.5, 0.6) is 0 Å². The molecule has 2 rings (SSSR count). The summed E-state index contributed by atoms with van der Waals surface area (Å²) in [5.41, 5.74) is 0. The van der Waals surface area contributed by atoms with Gasteiger partial charge in [0.2, 0.25) is 35.7 Å². The normalized spacial score (nSPS) is 9.35. The summed E-state index contributed by atoms with van der Waals surface area (Å²) in [5.74, 6) is -21.0. The van der Waals surface area contributed by atoms with Gasteiger partial charge in [-0.1, -0.05) is 0 Å². The van der Waals surface area contributed by atoms with Crippen molar-refractivity contribution < 1.29 is 310 Å². The maximum Gasteiger partial charge on any atom is 0.323 e. The van der Waals surface area contributed by atoms with Gasteiger partial charge >= 0.3 is 65.7 Å². The van der Waals surface area contributed by atoms with Crippen molar-refractivity contribution in [1.29, 1.82) is 0 Å².